The van der Waals surface area contributed by atoms with E-state index in [-0.39, 0.29) is 5.54 Å². The molecular weight excluding hydrogens is 260 g/mol. The smallest absolute Gasteiger partial charge is 0.156 e. The van der Waals surface area contributed by atoms with Crippen molar-refractivity contribution in [1.82, 2.24) is 20.3 Å². The fourth-order valence-corrected chi connectivity index (χ4v) is 3.01. The molecule has 4 nitrogen and oxygen atoms in total. The molecule has 2 N–H and O–H groups in total. The van der Waals surface area contributed by atoms with Gasteiger partial charge in [-0.3, -0.25) is 0 Å². The maximum Gasteiger partial charge on any atom is 0.156 e. The van der Waals surface area contributed by atoms with Crippen LogP contribution in [0.3, 0.4) is 0 Å². The predicted molar refractivity (Wildman–Crippen MR) is 83.9 cm³/mol. The van der Waals surface area contributed by atoms with Gasteiger partial charge in [0, 0.05) is 22.9 Å². The molecule has 0 aliphatic heterocycles. The van der Waals surface area contributed by atoms with Crippen molar-refractivity contribution in [3.8, 4) is 11.3 Å². The summed E-state index contributed by atoms with van der Waals surface area (Å²) >= 11 is 0. The molecule has 0 amide bonds. The highest BCUT2D eigenvalue weighted by Gasteiger charge is 2.45. The summed E-state index contributed by atoms with van der Waals surface area (Å²) in [6.45, 7) is 3.12. The van der Waals surface area contributed by atoms with Crippen molar-refractivity contribution in [2.75, 3.05) is 6.54 Å². The average molecular weight is 278 g/mol. The second-order valence-corrected chi connectivity index (χ2v) is 5.63. The Morgan fingerprint density at radius 2 is 2.05 bits per heavy atom. The predicted octanol–water partition coefficient (Wildman–Crippen LogP) is 3.22. The SMILES string of the molecule is CCNC1(c2c[nH]c3ncc(-c4ccccc4)nc23)CC1. The van der Waals surface area contributed by atoms with Crippen molar-refractivity contribution in [2.45, 2.75) is 25.3 Å². The van der Waals surface area contributed by atoms with Gasteiger partial charge in [0.2, 0.25) is 0 Å². The van der Waals surface area contributed by atoms with E-state index >= 15 is 0 Å². The van der Waals surface area contributed by atoms with E-state index in [1.54, 1.807) is 0 Å². The minimum atomic E-state index is 0.108. The van der Waals surface area contributed by atoms with Crippen molar-refractivity contribution in [3.63, 3.8) is 0 Å². The van der Waals surface area contributed by atoms with E-state index in [1.807, 2.05) is 24.4 Å². The standard InChI is InChI=1S/C17H18N4/c1-2-20-17(8-9-17)13-10-18-16-15(13)21-14(11-19-16)12-6-4-3-5-7-12/h3-7,10-11,20H,2,8-9H2,1H3,(H,18,19). The summed E-state index contributed by atoms with van der Waals surface area (Å²) < 4.78 is 0. The molecule has 1 aromatic carbocycles. The summed E-state index contributed by atoms with van der Waals surface area (Å²) in [7, 11) is 0. The maximum absolute atomic E-state index is 4.86. The largest absolute Gasteiger partial charge is 0.344 e. The Labute approximate surface area is 123 Å². The lowest BCUT2D eigenvalue weighted by atomic mass is 10.1. The van der Waals surface area contributed by atoms with Crippen molar-refractivity contribution in [3.05, 3.63) is 48.3 Å². The molecule has 0 spiro atoms. The van der Waals surface area contributed by atoms with Crippen LogP contribution in [0.4, 0.5) is 0 Å². The number of aromatic nitrogens is 3. The van der Waals surface area contributed by atoms with Gasteiger partial charge < -0.3 is 10.3 Å². The molecule has 0 radical (unpaired) electrons. The first-order chi connectivity index (χ1) is 10.3. The van der Waals surface area contributed by atoms with Crippen LogP contribution >= 0.6 is 0 Å². The fraction of sp³-hybridized carbons (Fsp3) is 0.294. The minimum absolute atomic E-state index is 0.108. The highest BCUT2D eigenvalue weighted by molar-refractivity contribution is 5.79. The van der Waals surface area contributed by atoms with Crippen molar-refractivity contribution < 1.29 is 0 Å². The fourth-order valence-electron chi connectivity index (χ4n) is 3.01. The van der Waals surface area contributed by atoms with Gasteiger partial charge in [0.15, 0.2) is 5.65 Å². The Kier molecular flexibility index (Phi) is 2.79. The Morgan fingerprint density at radius 1 is 1.24 bits per heavy atom. The Hall–Kier alpha value is -2.20. The van der Waals surface area contributed by atoms with Gasteiger partial charge in [-0.05, 0) is 19.4 Å². The zero-order valence-electron chi connectivity index (χ0n) is 12.1. The molecule has 21 heavy (non-hydrogen) atoms. The number of benzene rings is 1. The third-order valence-electron chi connectivity index (χ3n) is 4.23. The van der Waals surface area contributed by atoms with Gasteiger partial charge in [-0.25, -0.2) is 9.97 Å². The van der Waals surface area contributed by atoms with E-state index in [0.29, 0.717) is 0 Å². The summed E-state index contributed by atoms with van der Waals surface area (Å²) in [5, 5.41) is 3.60. The molecule has 2 heterocycles. The Balaban J connectivity index is 1.84. The summed E-state index contributed by atoms with van der Waals surface area (Å²) in [5.74, 6) is 0. The molecule has 1 saturated carbocycles. The molecule has 3 aromatic rings. The summed E-state index contributed by atoms with van der Waals surface area (Å²) in [4.78, 5) is 12.7. The first-order valence-corrected chi connectivity index (χ1v) is 7.47. The number of H-pyrrole nitrogens is 1. The molecule has 1 aliphatic rings. The van der Waals surface area contributed by atoms with Gasteiger partial charge >= 0.3 is 0 Å². The van der Waals surface area contributed by atoms with Crippen LogP contribution in [0.15, 0.2) is 42.7 Å². The molecule has 4 rings (SSSR count). The van der Waals surface area contributed by atoms with E-state index in [9.17, 15) is 0 Å². The number of nitrogens with zero attached hydrogens (tertiary/aromatic N) is 2. The first kappa shape index (κ1) is 12.5. The van der Waals surface area contributed by atoms with Crippen LogP contribution in [0, 0.1) is 0 Å². The van der Waals surface area contributed by atoms with Gasteiger partial charge in [0.25, 0.3) is 0 Å². The molecular formula is C17H18N4. The zero-order valence-corrected chi connectivity index (χ0v) is 12.1. The normalized spacial score (nSPS) is 16.2. The van der Waals surface area contributed by atoms with Crippen molar-refractivity contribution in [1.29, 1.82) is 0 Å². The molecule has 2 aromatic heterocycles. The van der Waals surface area contributed by atoms with Crippen LogP contribution in [0.25, 0.3) is 22.4 Å². The second kappa shape index (κ2) is 4.67. The van der Waals surface area contributed by atoms with Gasteiger partial charge in [0.1, 0.15) is 5.52 Å². The van der Waals surface area contributed by atoms with Gasteiger partial charge in [0.05, 0.1) is 11.9 Å². The number of aromatic amines is 1. The average Bonchev–Trinajstić information content (AvgIpc) is 3.18. The molecule has 4 heteroatoms. The summed E-state index contributed by atoms with van der Waals surface area (Å²) in [6.07, 6.45) is 6.25. The zero-order chi connectivity index (χ0) is 14.3. The van der Waals surface area contributed by atoms with Crippen LogP contribution in [0.2, 0.25) is 0 Å². The lowest BCUT2D eigenvalue weighted by molar-refractivity contribution is 0.542. The summed E-state index contributed by atoms with van der Waals surface area (Å²) in [5.41, 5.74) is 5.26. The maximum atomic E-state index is 4.86. The van der Waals surface area contributed by atoms with E-state index in [1.165, 1.54) is 18.4 Å². The highest BCUT2D eigenvalue weighted by Crippen LogP contribution is 2.47. The molecule has 1 aliphatic carbocycles. The van der Waals surface area contributed by atoms with E-state index in [2.05, 4.69) is 40.5 Å². The lowest BCUT2D eigenvalue weighted by Crippen LogP contribution is -2.28. The third kappa shape index (κ3) is 2.03. The van der Waals surface area contributed by atoms with Crippen LogP contribution in [0.5, 0.6) is 0 Å². The number of fused-ring (bicyclic) bond motifs is 1. The number of hydrogen-bond donors (Lipinski definition) is 2. The van der Waals surface area contributed by atoms with Crippen molar-refractivity contribution >= 4 is 11.2 Å². The molecule has 0 saturated heterocycles. The topological polar surface area (TPSA) is 53.6 Å². The molecule has 0 unspecified atom stereocenters. The minimum Gasteiger partial charge on any atom is -0.344 e. The molecule has 1 fully saturated rings. The van der Waals surface area contributed by atoms with Gasteiger partial charge in [-0.2, -0.15) is 0 Å². The second-order valence-electron chi connectivity index (χ2n) is 5.63. The van der Waals surface area contributed by atoms with E-state index in [4.69, 9.17) is 4.98 Å². The third-order valence-corrected chi connectivity index (χ3v) is 4.23. The lowest BCUT2D eigenvalue weighted by Gasteiger charge is -2.14. The number of rotatable bonds is 4. The van der Waals surface area contributed by atoms with Gasteiger partial charge in [-0.15, -0.1) is 0 Å². The van der Waals surface area contributed by atoms with E-state index in [0.717, 1.165) is 29.0 Å². The van der Waals surface area contributed by atoms with Gasteiger partial charge in [-0.1, -0.05) is 37.3 Å². The van der Waals surface area contributed by atoms with Crippen LogP contribution in [0.1, 0.15) is 25.3 Å². The number of hydrogen-bond acceptors (Lipinski definition) is 3. The van der Waals surface area contributed by atoms with Crippen LogP contribution < -0.4 is 5.32 Å². The van der Waals surface area contributed by atoms with Crippen LogP contribution in [-0.4, -0.2) is 21.5 Å². The van der Waals surface area contributed by atoms with Crippen LogP contribution in [-0.2, 0) is 5.54 Å². The number of nitrogens with one attached hydrogen (secondary N) is 2. The quantitative estimate of drug-likeness (QED) is 0.770. The monoisotopic (exact) mass is 278 g/mol. The summed E-state index contributed by atoms with van der Waals surface area (Å²) in [6, 6.07) is 10.2. The van der Waals surface area contributed by atoms with Crippen molar-refractivity contribution in [2.24, 2.45) is 0 Å². The molecule has 106 valence electrons. The highest BCUT2D eigenvalue weighted by atomic mass is 15.0. The Morgan fingerprint density at radius 3 is 2.76 bits per heavy atom. The first-order valence-electron chi connectivity index (χ1n) is 7.47. The molecule has 0 bridgehead atoms. The molecule has 0 atom stereocenters. The van der Waals surface area contributed by atoms with E-state index < -0.39 is 0 Å². The Bertz CT molecular complexity index is 772.